The van der Waals surface area contributed by atoms with Crippen molar-refractivity contribution < 1.29 is 22.8 Å². The molecule has 0 amide bonds. The maximum atomic E-state index is 5.60. The smallest absolute Gasteiger partial charge is 0.381 e. The maximum Gasteiger partial charge on any atom is 0.502 e. The number of hydrogen-bond acceptors (Lipinski definition) is 5. The van der Waals surface area contributed by atoms with E-state index in [9.17, 15) is 0 Å². The molecule has 0 aliphatic carbocycles. The molecular weight excluding hydrogens is 264 g/mol. The lowest BCUT2D eigenvalue weighted by Crippen LogP contribution is -2.43. The van der Waals surface area contributed by atoms with Crippen LogP contribution in [0.25, 0.3) is 0 Å². The van der Waals surface area contributed by atoms with Crippen LogP contribution in [0.4, 0.5) is 0 Å². The molecule has 1 atom stereocenters. The van der Waals surface area contributed by atoms with Crippen molar-refractivity contribution >= 4 is 8.80 Å². The number of rotatable bonds is 13. The van der Waals surface area contributed by atoms with Crippen LogP contribution in [-0.2, 0) is 22.8 Å². The summed E-state index contributed by atoms with van der Waals surface area (Å²) in [5.74, 6) is 0. The van der Waals surface area contributed by atoms with Crippen LogP contribution < -0.4 is 0 Å². The summed E-state index contributed by atoms with van der Waals surface area (Å²) in [6.07, 6.45) is 3.47. The summed E-state index contributed by atoms with van der Waals surface area (Å²) in [7, 11) is 2.39. The van der Waals surface area contributed by atoms with Gasteiger partial charge in [-0.3, -0.25) is 0 Å². The molecule has 0 aromatic heterocycles. The van der Waals surface area contributed by atoms with E-state index in [-0.39, 0.29) is 0 Å². The number of hydrogen-bond donors (Lipinski definition) is 0. The topological polar surface area (TPSA) is 46.2 Å². The van der Waals surface area contributed by atoms with Crippen molar-refractivity contribution in [2.75, 3.05) is 41.2 Å². The highest BCUT2D eigenvalue weighted by atomic mass is 28.4. The first-order chi connectivity index (χ1) is 9.14. The van der Waals surface area contributed by atoms with Crippen LogP contribution in [0.1, 0.15) is 33.1 Å². The minimum Gasteiger partial charge on any atom is -0.381 e. The van der Waals surface area contributed by atoms with Crippen molar-refractivity contribution in [3.05, 3.63) is 0 Å². The fraction of sp³-hybridized carbons (Fsp3) is 1.00. The molecule has 0 aromatic carbocycles. The molecule has 0 N–H and O–H groups in total. The lowest BCUT2D eigenvalue weighted by Gasteiger charge is -2.24. The normalized spacial score (nSPS) is 13.7. The van der Waals surface area contributed by atoms with E-state index >= 15 is 0 Å². The lowest BCUT2D eigenvalue weighted by atomic mass is 10.3. The molecule has 0 bridgehead atoms. The van der Waals surface area contributed by atoms with E-state index in [1.165, 1.54) is 0 Å². The summed E-state index contributed by atoms with van der Waals surface area (Å²) in [6, 6.07) is 0.680. The molecule has 0 aromatic rings. The van der Waals surface area contributed by atoms with Gasteiger partial charge in [0.15, 0.2) is 0 Å². The van der Waals surface area contributed by atoms with Crippen molar-refractivity contribution in [3.63, 3.8) is 0 Å². The van der Waals surface area contributed by atoms with Gasteiger partial charge in [0.2, 0.25) is 0 Å². The van der Waals surface area contributed by atoms with Gasteiger partial charge < -0.3 is 22.8 Å². The van der Waals surface area contributed by atoms with Gasteiger partial charge in [0.1, 0.15) is 0 Å². The quantitative estimate of drug-likeness (QED) is 0.386. The predicted octanol–water partition coefficient (Wildman–Crippen LogP) is 2.48. The summed E-state index contributed by atoms with van der Waals surface area (Å²) < 4.78 is 27.1. The van der Waals surface area contributed by atoms with Crippen LogP contribution in [0.5, 0.6) is 0 Å². The Bertz CT molecular complexity index is 191. The van der Waals surface area contributed by atoms with Crippen LogP contribution >= 0.6 is 0 Å². The summed E-state index contributed by atoms with van der Waals surface area (Å²) in [4.78, 5) is 0. The second-order valence-electron chi connectivity index (χ2n) is 4.45. The van der Waals surface area contributed by atoms with E-state index < -0.39 is 8.80 Å². The molecule has 6 heteroatoms. The van der Waals surface area contributed by atoms with E-state index in [1.54, 1.807) is 21.3 Å². The molecule has 116 valence electrons. The van der Waals surface area contributed by atoms with Crippen molar-refractivity contribution in [1.82, 2.24) is 0 Å². The van der Waals surface area contributed by atoms with Gasteiger partial charge in [0, 0.05) is 40.6 Å². The molecule has 0 heterocycles. The molecule has 0 aliphatic rings. The van der Waals surface area contributed by atoms with Crippen molar-refractivity contribution in [1.29, 1.82) is 0 Å². The van der Waals surface area contributed by atoms with Crippen LogP contribution in [0.15, 0.2) is 0 Å². The standard InChI is InChI=1S/C13H30O5Si/c1-6-13(2)18-10-8-7-9-17-11-12-19(14-3,15-4)16-5/h13H,6-12H2,1-5H3. The number of ether oxygens (including phenoxy) is 2. The van der Waals surface area contributed by atoms with E-state index in [4.69, 9.17) is 22.8 Å². The van der Waals surface area contributed by atoms with Crippen LogP contribution in [-0.4, -0.2) is 56.1 Å². The minimum absolute atomic E-state index is 0.359. The van der Waals surface area contributed by atoms with Gasteiger partial charge in [0.05, 0.1) is 12.7 Å². The van der Waals surface area contributed by atoms with Crippen molar-refractivity contribution in [3.8, 4) is 0 Å². The molecule has 5 nitrogen and oxygen atoms in total. The first kappa shape index (κ1) is 19.0. The van der Waals surface area contributed by atoms with Gasteiger partial charge in [-0.15, -0.1) is 0 Å². The van der Waals surface area contributed by atoms with E-state index in [0.717, 1.165) is 32.5 Å². The fourth-order valence-corrected chi connectivity index (χ4v) is 3.07. The molecule has 0 aliphatic heterocycles. The highest BCUT2D eigenvalue weighted by molar-refractivity contribution is 6.60. The zero-order chi connectivity index (χ0) is 14.6. The SMILES string of the molecule is CCC(C)OCCCCOCC[Si](OC)(OC)OC. The summed E-state index contributed by atoms with van der Waals surface area (Å²) >= 11 is 0. The van der Waals surface area contributed by atoms with Gasteiger partial charge in [-0.25, -0.2) is 0 Å². The molecule has 0 saturated carbocycles. The first-order valence-corrected chi connectivity index (χ1v) is 8.92. The zero-order valence-electron chi connectivity index (χ0n) is 13.1. The largest absolute Gasteiger partial charge is 0.502 e. The van der Waals surface area contributed by atoms with Crippen molar-refractivity contribution in [2.45, 2.75) is 45.3 Å². The summed E-state index contributed by atoms with van der Waals surface area (Å²) in [6.45, 7) is 6.39. The average Bonchev–Trinajstić information content (AvgIpc) is 2.46. The van der Waals surface area contributed by atoms with E-state index in [1.807, 2.05) is 0 Å². The first-order valence-electron chi connectivity index (χ1n) is 6.99. The van der Waals surface area contributed by atoms with Gasteiger partial charge in [-0.1, -0.05) is 6.92 Å². The molecule has 1 unspecified atom stereocenters. The summed E-state index contributed by atoms with van der Waals surface area (Å²) in [5.41, 5.74) is 0. The Balaban J connectivity index is 3.44. The molecule has 0 fully saturated rings. The molecule has 0 rings (SSSR count). The average molecular weight is 294 g/mol. The molecule has 0 radical (unpaired) electrons. The van der Waals surface area contributed by atoms with Crippen LogP contribution in [0, 0.1) is 0 Å². The second kappa shape index (κ2) is 11.8. The second-order valence-corrected chi connectivity index (χ2v) is 7.55. The van der Waals surface area contributed by atoms with E-state index in [2.05, 4.69) is 13.8 Å². The Morgan fingerprint density at radius 2 is 1.47 bits per heavy atom. The maximum absolute atomic E-state index is 5.60. The highest BCUT2D eigenvalue weighted by Crippen LogP contribution is 2.12. The molecule has 0 spiro atoms. The number of unbranched alkanes of at least 4 members (excludes halogenated alkanes) is 1. The zero-order valence-corrected chi connectivity index (χ0v) is 14.1. The van der Waals surface area contributed by atoms with Crippen LogP contribution in [0.3, 0.4) is 0 Å². The summed E-state index contributed by atoms with van der Waals surface area (Å²) in [5, 5.41) is 0. The Morgan fingerprint density at radius 3 is 2.00 bits per heavy atom. The van der Waals surface area contributed by atoms with Gasteiger partial charge in [0.25, 0.3) is 0 Å². The third kappa shape index (κ3) is 8.72. The Morgan fingerprint density at radius 1 is 0.895 bits per heavy atom. The fourth-order valence-electron chi connectivity index (χ4n) is 1.56. The third-order valence-corrected chi connectivity index (χ3v) is 5.83. The van der Waals surface area contributed by atoms with Crippen molar-refractivity contribution in [2.24, 2.45) is 0 Å². The minimum atomic E-state index is -2.46. The van der Waals surface area contributed by atoms with E-state index in [0.29, 0.717) is 18.8 Å². The Hall–Kier alpha value is 0.0169. The monoisotopic (exact) mass is 294 g/mol. The Kier molecular flexibility index (Phi) is 11.8. The lowest BCUT2D eigenvalue weighted by molar-refractivity contribution is 0.0529. The molecule has 19 heavy (non-hydrogen) atoms. The highest BCUT2D eigenvalue weighted by Gasteiger charge is 2.37. The van der Waals surface area contributed by atoms with Gasteiger partial charge in [-0.2, -0.15) is 0 Å². The Labute approximate surface area is 118 Å². The molecular formula is C13H30O5Si. The van der Waals surface area contributed by atoms with Gasteiger partial charge >= 0.3 is 8.80 Å². The van der Waals surface area contributed by atoms with Gasteiger partial charge in [-0.05, 0) is 26.2 Å². The molecule has 0 saturated heterocycles. The predicted molar refractivity (Wildman–Crippen MR) is 77.3 cm³/mol. The van der Waals surface area contributed by atoms with Crippen LogP contribution in [0.2, 0.25) is 6.04 Å². The third-order valence-electron chi connectivity index (χ3n) is 3.15.